The van der Waals surface area contributed by atoms with Crippen LogP contribution in [0.25, 0.3) is 0 Å². The first-order valence-corrected chi connectivity index (χ1v) is 7.45. The highest BCUT2D eigenvalue weighted by molar-refractivity contribution is 6.32. The molecular weight excluding hydrogens is 276 g/mol. The molecule has 0 N–H and O–H groups in total. The van der Waals surface area contributed by atoms with Gasteiger partial charge in [0.2, 0.25) is 0 Å². The highest BCUT2D eigenvalue weighted by Crippen LogP contribution is 2.31. The Balaban J connectivity index is 2.19. The Bertz CT molecular complexity index is 467. The Labute approximate surface area is 125 Å². The number of hydrogen-bond donors (Lipinski definition) is 0. The van der Waals surface area contributed by atoms with Crippen molar-refractivity contribution in [3.63, 3.8) is 0 Å². The van der Waals surface area contributed by atoms with Gasteiger partial charge in [-0.2, -0.15) is 0 Å². The van der Waals surface area contributed by atoms with Gasteiger partial charge in [-0.05, 0) is 37.0 Å². The maximum absolute atomic E-state index is 12.6. The van der Waals surface area contributed by atoms with Crippen LogP contribution in [0.15, 0.2) is 18.2 Å². The van der Waals surface area contributed by atoms with Crippen LogP contribution in [0, 0.1) is 5.92 Å². The van der Waals surface area contributed by atoms with Gasteiger partial charge in [0.25, 0.3) is 0 Å². The highest BCUT2D eigenvalue weighted by Gasteiger charge is 2.30. The maximum atomic E-state index is 12.6. The average Bonchev–Trinajstić information content (AvgIpc) is 2.49. The van der Waals surface area contributed by atoms with Crippen molar-refractivity contribution in [3.05, 3.63) is 28.8 Å². The van der Waals surface area contributed by atoms with Gasteiger partial charge in [0.05, 0.1) is 12.1 Å². The van der Waals surface area contributed by atoms with Crippen LogP contribution in [-0.2, 0) is 4.74 Å². The zero-order valence-electron chi connectivity index (χ0n) is 12.0. The first kappa shape index (κ1) is 15.3. The normalized spacial score (nSPS) is 17.8. The fourth-order valence-corrected chi connectivity index (χ4v) is 3.12. The molecule has 0 saturated heterocycles. The fourth-order valence-electron chi connectivity index (χ4n) is 2.93. The molecule has 1 aliphatic rings. The molecule has 1 saturated carbocycles. The van der Waals surface area contributed by atoms with E-state index >= 15 is 0 Å². The summed E-state index contributed by atoms with van der Waals surface area (Å²) in [5, 5.41) is 0.510. The average molecular weight is 297 g/mol. The lowest BCUT2D eigenvalue weighted by atomic mass is 9.82. The second-order valence-corrected chi connectivity index (χ2v) is 5.68. The molecule has 4 heteroatoms. The first-order chi connectivity index (χ1) is 9.67. The SMILES string of the molecule is COc1cc(C(=O)C(OC)C2CCCCC2)ccc1Cl. The minimum absolute atomic E-state index is 0.0226. The van der Waals surface area contributed by atoms with E-state index in [1.54, 1.807) is 32.4 Å². The molecule has 0 bridgehead atoms. The number of rotatable bonds is 5. The van der Waals surface area contributed by atoms with E-state index in [4.69, 9.17) is 21.1 Å². The third-order valence-electron chi connectivity index (χ3n) is 4.03. The van der Waals surface area contributed by atoms with Crippen LogP contribution in [-0.4, -0.2) is 26.1 Å². The molecule has 2 rings (SSSR count). The Morgan fingerprint density at radius 2 is 1.95 bits per heavy atom. The third-order valence-corrected chi connectivity index (χ3v) is 4.34. The summed E-state index contributed by atoms with van der Waals surface area (Å²) < 4.78 is 10.7. The lowest BCUT2D eigenvalue weighted by molar-refractivity contribution is 0.0314. The van der Waals surface area contributed by atoms with Crippen molar-refractivity contribution < 1.29 is 14.3 Å². The van der Waals surface area contributed by atoms with E-state index in [1.165, 1.54) is 19.3 Å². The second-order valence-electron chi connectivity index (χ2n) is 5.27. The van der Waals surface area contributed by atoms with Crippen LogP contribution in [0.3, 0.4) is 0 Å². The summed E-state index contributed by atoms with van der Waals surface area (Å²) in [4.78, 5) is 12.6. The van der Waals surface area contributed by atoms with E-state index in [2.05, 4.69) is 0 Å². The van der Waals surface area contributed by atoms with Gasteiger partial charge < -0.3 is 9.47 Å². The zero-order valence-corrected chi connectivity index (χ0v) is 12.8. The van der Waals surface area contributed by atoms with Crippen LogP contribution >= 0.6 is 11.6 Å². The molecule has 0 aromatic heterocycles. The Hall–Kier alpha value is -1.06. The maximum Gasteiger partial charge on any atom is 0.191 e. The van der Waals surface area contributed by atoms with Crippen molar-refractivity contribution in [3.8, 4) is 5.75 Å². The van der Waals surface area contributed by atoms with Crippen LogP contribution in [0.1, 0.15) is 42.5 Å². The molecule has 1 unspecified atom stereocenters. The minimum Gasteiger partial charge on any atom is -0.495 e. The number of hydrogen-bond acceptors (Lipinski definition) is 3. The van der Waals surface area contributed by atoms with Gasteiger partial charge >= 0.3 is 0 Å². The predicted molar refractivity (Wildman–Crippen MR) is 79.7 cm³/mol. The smallest absolute Gasteiger partial charge is 0.191 e. The number of carbonyl (C=O) groups is 1. The van der Waals surface area contributed by atoms with Crippen molar-refractivity contribution in [2.75, 3.05) is 14.2 Å². The minimum atomic E-state index is -0.360. The van der Waals surface area contributed by atoms with Crippen molar-refractivity contribution in [1.29, 1.82) is 0 Å². The summed E-state index contributed by atoms with van der Waals surface area (Å²) in [5.41, 5.74) is 0.601. The molecule has 1 aromatic rings. The van der Waals surface area contributed by atoms with Crippen LogP contribution in [0.2, 0.25) is 5.02 Å². The number of halogens is 1. The lowest BCUT2D eigenvalue weighted by Gasteiger charge is -2.28. The van der Waals surface area contributed by atoms with E-state index in [1.807, 2.05) is 0 Å². The summed E-state index contributed by atoms with van der Waals surface area (Å²) in [6, 6.07) is 5.13. The quantitative estimate of drug-likeness (QED) is 0.767. The van der Waals surface area contributed by atoms with Gasteiger partial charge in [-0.25, -0.2) is 0 Å². The number of benzene rings is 1. The number of ketones is 1. The molecule has 20 heavy (non-hydrogen) atoms. The van der Waals surface area contributed by atoms with Gasteiger partial charge in [0.1, 0.15) is 11.9 Å². The zero-order chi connectivity index (χ0) is 14.5. The molecule has 0 amide bonds. The summed E-state index contributed by atoms with van der Waals surface area (Å²) in [6.45, 7) is 0. The van der Waals surface area contributed by atoms with E-state index in [0.717, 1.165) is 12.8 Å². The molecule has 1 fully saturated rings. The predicted octanol–water partition coefficient (Wildman–Crippen LogP) is 4.13. The van der Waals surface area contributed by atoms with Gasteiger partial charge in [-0.15, -0.1) is 0 Å². The monoisotopic (exact) mass is 296 g/mol. The van der Waals surface area contributed by atoms with Crippen molar-refractivity contribution in [2.24, 2.45) is 5.92 Å². The van der Waals surface area contributed by atoms with Crippen LogP contribution in [0.5, 0.6) is 5.75 Å². The topological polar surface area (TPSA) is 35.5 Å². The van der Waals surface area contributed by atoms with Crippen molar-refractivity contribution in [2.45, 2.75) is 38.2 Å². The molecule has 0 heterocycles. The Morgan fingerprint density at radius 3 is 2.55 bits per heavy atom. The van der Waals surface area contributed by atoms with Crippen LogP contribution in [0.4, 0.5) is 0 Å². The molecule has 3 nitrogen and oxygen atoms in total. The van der Waals surface area contributed by atoms with Gasteiger partial charge in [0.15, 0.2) is 5.78 Å². The standard InChI is InChI=1S/C16H21ClO3/c1-19-14-10-12(8-9-13(14)17)15(18)16(20-2)11-6-4-3-5-7-11/h8-11,16H,3-7H2,1-2H3. The molecule has 110 valence electrons. The molecule has 1 aliphatic carbocycles. The molecule has 1 aromatic carbocycles. The van der Waals surface area contributed by atoms with Crippen molar-refractivity contribution >= 4 is 17.4 Å². The van der Waals surface area contributed by atoms with E-state index < -0.39 is 0 Å². The number of carbonyl (C=O) groups excluding carboxylic acids is 1. The first-order valence-electron chi connectivity index (χ1n) is 7.08. The molecular formula is C16H21ClO3. The number of ether oxygens (including phenoxy) is 2. The Kier molecular flexibility index (Phi) is 5.44. The fraction of sp³-hybridized carbons (Fsp3) is 0.562. The van der Waals surface area contributed by atoms with Crippen molar-refractivity contribution in [1.82, 2.24) is 0 Å². The van der Waals surface area contributed by atoms with Gasteiger partial charge in [0, 0.05) is 12.7 Å². The highest BCUT2D eigenvalue weighted by atomic mass is 35.5. The van der Waals surface area contributed by atoms with Gasteiger partial charge in [-0.3, -0.25) is 4.79 Å². The van der Waals surface area contributed by atoms with E-state index in [-0.39, 0.29) is 11.9 Å². The Morgan fingerprint density at radius 1 is 1.25 bits per heavy atom. The second kappa shape index (κ2) is 7.09. The molecule has 0 radical (unpaired) electrons. The van der Waals surface area contributed by atoms with Gasteiger partial charge in [-0.1, -0.05) is 30.9 Å². The molecule has 0 aliphatic heterocycles. The molecule has 1 atom stereocenters. The largest absolute Gasteiger partial charge is 0.495 e. The number of methoxy groups -OCH3 is 2. The summed E-state index contributed by atoms with van der Waals surface area (Å²) in [5.74, 6) is 0.869. The molecule has 0 spiro atoms. The summed E-state index contributed by atoms with van der Waals surface area (Å²) in [7, 11) is 3.16. The van der Waals surface area contributed by atoms with E-state index in [0.29, 0.717) is 22.3 Å². The van der Waals surface area contributed by atoms with E-state index in [9.17, 15) is 4.79 Å². The van der Waals surface area contributed by atoms with Crippen LogP contribution < -0.4 is 4.74 Å². The number of Topliss-reactive ketones (excluding diaryl/α,β-unsaturated/α-hetero) is 1. The summed E-state index contributed by atoms with van der Waals surface area (Å²) in [6.07, 6.45) is 5.39. The third kappa shape index (κ3) is 3.33. The summed E-state index contributed by atoms with van der Waals surface area (Å²) >= 11 is 6.00. The lowest BCUT2D eigenvalue weighted by Crippen LogP contribution is -2.33.